The van der Waals surface area contributed by atoms with Crippen LogP contribution in [0.25, 0.3) is 5.69 Å². The molecule has 182 valence electrons. The smallest absolute Gasteiger partial charge is 0.434 e. The topological polar surface area (TPSA) is 90.3 Å². The van der Waals surface area contributed by atoms with Crippen LogP contribution in [0.5, 0.6) is 0 Å². The number of rotatable bonds is 6. The average Bonchev–Trinajstić information content (AvgIpc) is 3.20. The molecule has 1 aromatic heterocycles. The fourth-order valence-electron chi connectivity index (χ4n) is 2.88. The van der Waals surface area contributed by atoms with Gasteiger partial charge in [-0.05, 0) is 55.5 Å². The molecular weight excluding hydrogens is 492 g/mol. The highest BCUT2D eigenvalue weighted by molar-refractivity contribution is 7.92. The summed E-state index contributed by atoms with van der Waals surface area (Å²) in [5.41, 5.74) is -3.40. The molecular formula is C20H15F6N3O4S. The Bertz CT molecular complexity index is 1280. The number of carbonyl (C=O) groups is 1. The number of nitrogens with zero attached hydrogens (tertiary/aromatic N) is 2. The summed E-state index contributed by atoms with van der Waals surface area (Å²) in [6.07, 6.45) is -8.88. The lowest BCUT2D eigenvalue weighted by atomic mass is 10.2. The van der Waals surface area contributed by atoms with Crippen LogP contribution in [0.1, 0.15) is 28.5 Å². The quantitative estimate of drug-likeness (QED) is 0.379. The predicted octanol–water partition coefficient (Wildman–Crippen LogP) is 4.89. The first kappa shape index (κ1) is 25.1. The van der Waals surface area contributed by atoms with Gasteiger partial charge in [-0.1, -0.05) is 0 Å². The molecule has 7 nitrogen and oxygen atoms in total. The van der Waals surface area contributed by atoms with E-state index in [0.29, 0.717) is 23.0 Å². The van der Waals surface area contributed by atoms with Crippen LogP contribution < -0.4 is 4.72 Å². The van der Waals surface area contributed by atoms with Crippen molar-refractivity contribution in [1.29, 1.82) is 0 Å². The second-order valence-electron chi connectivity index (χ2n) is 6.71. The molecule has 0 atom stereocenters. The van der Waals surface area contributed by atoms with E-state index in [4.69, 9.17) is 0 Å². The van der Waals surface area contributed by atoms with E-state index in [9.17, 15) is 39.6 Å². The number of halogens is 6. The van der Waals surface area contributed by atoms with Gasteiger partial charge in [0, 0.05) is 5.69 Å². The number of anilines is 1. The van der Waals surface area contributed by atoms with Crippen molar-refractivity contribution in [2.45, 2.75) is 24.2 Å². The minimum absolute atomic E-state index is 0.0741. The van der Waals surface area contributed by atoms with Gasteiger partial charge < -0.3 is 4.74 Å². The molecule has 34 heavy (non-hydrogen) atoms. The van der Waals surface area contributed by atoms with E-state index in [1.54, 1.807) is 0 Å². The summed E-state index contributed by atoms with van der Waals surface area (Å²) in [4.78, 5) is 11.4. The van der Waals surface area contributed by atoms with Crippen molar-refractivity contribution in [3.05, 3.63) is 71.5 Å². The van der Waals surface area contributed by atoms with Crippen LogP contribution >= 0.6 is 0 Å². The van der Waals surface area contributed by atoms with Gasteiger partial charge >= 0.3 is 18.3 Å². The Hall–Kier alpha value is -3.55. The molecule has 0 radical (unpaired) electrons. The SMILES string of the molecule is CCOC(=O)c1cnn(-c2ccc(NS(=O)(=O)c3ccc(C(F)(F)F)cc3)cc2)c1C(F)(F)F. The monoisotopic (exact) mass is 507 g/mol. The molecule has 0 spiro atoms. The summed E-state index contributed by atoms with van der Waals surface area (Å²) in [5.74, 6) is -1.21. The van der Waals surface area contributed by atoms with E-state index < -0.39 is 50.1 Å². The normalized spacial score (nSPS) is 12.4. The molecule has 0 saturated carbocycles. The zero-order valence-electron chi connectivity index (χ0n) is 17.1. The van der Waals surface area contributed by atoms with Crippen molar-refractivity contribution in [3.63, 3.8) is 0 Å². The maximum atomic E-state index is 13.6. The molecule has 1 N–H and O–H groups in total. The average molecular weight is 507 g/mol. The number of sulfonamides is 1. The lowest BCUT2D eigenvalue weighted by Gasteiger charge is -2.13. The summed E-state index contributed by atoms with van der Waals surface area (Å²) in [6, 6.07) is 7.24. The van der Waals surface area contributed by atoms with Crippen molar-refractivity contribution in [2.75, 3.05) is 11.3 Å². The van der Waals surface area contributed by atoms with Crippen LogP contribution in [0.2, 0.25) is 0 Å². The Morgan fingerprint density at radius 3 is 2.06 bits per heavy atom. The van der Waals surface area contributed by atoms with Crippen LogP contribution in [-0.4, -0.2) is 30.8 Å². The van der Waals surface area contributed by atoms with Gasteiger partial charge in [0.15, 0.2) is 5.69 Å². The highest BCUT2D eigenvalue weighted by Crippen LogP contribution is 2.34. The minimum Gasteiger partial charge on any atom is -0.462 e. The van der Waals surface area contributed by atoms with Crippen LogP contribution in [0.15, 0.2) is 59.6 Å². The minimum atomic E-state index is -4.96. The number of benzene rings is 2. The third-order valence-corrected chi connectivity index (χ3v) is 5.79. The number of hydrogen-bond acceptors (Lipinski definition) is 5. The molecule has 0 bridgehead atoms. The van der Waals surface area contributed by atoms with Crippen LogP contribution in [-0.2, 0) is 27.1 Å². The highest BCUT2D eigenvalue weighted by atomic mass is 32.2. The molecule has 0 fully saturated rings. The van der Waals surface area contributed by atoms with Gasteiger partial charge in [0.25, 0.3) is 10.0 Å². The van der Waals surface area contributed by atoms with Crippen LogP contribution in [0.4, 0.5) is 32.0 Å². The molecule has 3 aromatic rings. The third-order valence-electron chi connectivity index (χ3n) is 4.39. The Balaban J connectivity index is 1.88. The molecule has 2 aromatic carbocycles. The second-order valence-corrected chi connectivity index (χ2v) is 8.39. The number of nitrogens with one attached hydrogen (secondary N) is 1. The van der Waals surface area contributed by atoms with Gasteiger partial charge in [-0.2, -0.15) is 31.4 Å². The Labute approximate surface area is 189 Å². The molecule has 0 unspecified atom stereocenters. The third kappa shape index (κ3) is 5.32. The first-order valence-electron chi connectivity index (χ1n) is 9.37. The van der Waals surface area contributed by atoms with E-state index in [1.807, 2.05) is 0 Å². The van der Waals surface area contributed by atoms with E-state index in [1.165, 1.54) is 6.92 Å². The number of hydrogen-bond donors (Lipinski definition) is 1. The predicted molar refractivity (Wildman–Crippen MR) is 107 cm³/mol. The highest BCUT2D eigenvalue weighted by Gasteiger charge is 2.41. The first-order chi connectivity index (χ1) is 15.7. The maximum Gasteiger partial charge on any atom is 0.434 e. The number of alkyl halides is 6. The lowest BCUT2D eigenvalue weighted by Crippen LogP contribution is -2.18. The molecule has 3 rings (SSSR count). The summed E-state index contributed by atoms with van der Waals surface area (Å²) in [5, 5.41) is 3.60. The Morgan fingerprint density at radius 2 is 1.56 bits per heavy atom. The summed E-state index contributed by atoms with van der Waals surface area (Å²) in [7, 11) is -4.28. The summed E-state index contributed by atoms with van der Waals surface area (Å²) < 4.78 is 111. The number of esters is 1. The standard InChI is InChI=1S/C20H15F6N3O4S/c1-2-33-18(30)16-11-27-29(17(16)20(24,25)26)14-7-5-13(6-8-14)28-34(31,32)15-9-3-12(4-10-15)19(21,22)23/h3-11,28H,2H2,1H3. The van der Waals surface area contributed by atoms with E-state index >= 15 is 0 Å². The number of aromatic nitrogens is 2. The number of carbonyl (C=O) groups excluding carboxylic acids is 1. The second kappa shape index (κ2) is 9.00. The van der Waals surface area contributed by atoms with Gasteiger partial charge in [0.1, 0.15) is 5.56 Å². The van der Waals surface area contributed by atoms with Crippen molar-refractivity contribution >= 4 is 21.7 Å². The fraction of sp³-hybridized carbons (Fsp3) is 0.200. The lowest BCUT2D eigenvalue weighted by molar-refractivity contribution is -0.143. The number of ether oxygens (including phenoxy) is 1. The van der Waals surface area contributed by atoms with Gasteiger partial charge in [-0.25, -0.2) is 17.9 Å². The van der Waals surface area contributed by atoms with Crippen molar-refractivity contribution in [1.82, 2.24) is 9.78 Å². The van der Waals surface area contributed by atoms with Gasteiger partial charge in [0.05, 0.1) is 29.0 Å². The molecule has 0 saturated heterocycles. The van der Waals surface area contributed by atoms with Crippen molar-refractivity contribution in [3.8, 4) is 5.69 Å². The van der Waals surface area contributed by atoms with E-state index in [0.717, 1.165) is 36.4 Å². The van der Waals surface area contributed by atoms with Gasteiger partial charge in [-0.15, -0.1) is 0 Å². The van der Waals surface area contributed by atoms with Crippen LogP contribution in [0, 0.1) is 0 Å². The maximum absolute atomic E-state index is 13.6. The van der Waals surface area contributed by atoms with Crippen molar-refractivity contribution in [2.24, 2.45) is 0 Å². The first-order valence-corrected chi connectivity index (χ1v) is 10.8. The summed E-state index contributed by atoms with van der Waals surface area (Å²) >= 11 is 0. The molecule has 0 aliphatic heterocycles. The van der Waals surface area contributed by atoms with Crippen LogP contribution in [0.3, 0.4) is 0 Å². The van der Waals surface area contributed by atoms with E-state index in [2.05, 4.69) is 14.6 Å². The summed E-state index contributed by atoms with van der Waals surface area (Å²) in [6.45, 7) is 1.29. The largest absolute Gasteiger partial charge is 0.462 e. The fourth-order valence-corrected chi connectivity index (χ4v) is 3.94. The van der Waals surface area contributed by atoms with Crippen molar-refractivity contribution < 1.29 is 44.3 Å². The zero-order valence-corrected chi connectivity index (χ0v) is 17.9. The molecule has 0 aliphatic carbocycles. The van der Waals surface area contributed by atoms with Gasteiger partial charge in [-0.3, -0.25) is 4.72 Å². The molecule has 1 heterocycles. The van der Waals surface area contributed by atoms with Gasteiger partial charge in [0.2, 0.25) is 0 Å². The molecule has 0 aliphatic rings. The Morgan fingerprint density at radius 1 is 0.971 bits per heavy atom. The van der Waals surface area contributed by atoms with E-state index in [-0.39, 0.29) is 18.0 Å². The Kier molecular flexibility index (Phi) is 6.64. The molecule has 14 heteroatoms. The zero-order chi connectivity index (χ0) is 25.3. The molecule has 0 amide bonds.